The van der Waals surface area contributed by atoms with Crippen LogP contribution in [0.25, 0.3) is 0 Å². The molecule has 0 aliphatic heterocycles. The predicted molar refractivity (Wildman–Crippen MR) is 92.3 cm³/mol. The highest BCUT2D eigenvalue weighted by Crippen LogP contribution is 2.36. The largest absolute Gasteiger partial charge is 0.377 e. The second kappa shape index (κ2) is 8.30. The maximum atomic E-state index is 6.09. The first kappa shape index (κ1) is 17.0. The van der Waals surface area contributed by atoms with Crippen molar-refractivity contribution >= 4 is 11.3 Å². The fraction of sp³-hybridized carbons (Fsp3) is 0.778. The lowest BCUT2D eigenvalue weighted by Gasteiger charge is -2.43. The van der Waals surface area contributed by atoms with Gasteiger partial charge in [0.25, 0.3) is 0 Å². The van der Waals surface area contributed by atoms with Gasteiger partial charge in [0.05, 0.1) is 5.60 Å². The van der Waals surface area contributed by atoms with Crippen LogP contribution in [0.5, 0.6) is 0 Å². The summed E-state index contributed by atoms with van der Waals surface area (Å²) in [6.07, 6.45) is 9.83. The molecule has 0 spiro atoms. The zero-order valence-electron chi connectivity index (χ0n) is 13.9. The average molecular weight is 310 g/mol. The third-order valence-electron chi connectivity index (χ3n) is 4.85. The van der Waals surface area contributed by atoms with E-state index in [0.29, 0.717) is 6.04 Å². The maximum absolute atomic E-state index is 6.09. The molecule has 1 aromatic rings. The molecule has 1 aliphatic rings. The summed E-state index contributed by atoms with van der Waals surface area (Å²) in [5, 5.41) is 3.79. The molecule has 1 aliphatic carbocycles. The lowest BCUT2D eigenvalue weighted by molar-refractivity contribution is -0.0670. The first-order valence-corrected chi connectivity index (χ1v) is 9.42. The average Bonchev–Trinajstić information content (AvgIpc) is 2.99. The van der Waals surface area contributed by atoms with E-state index in [1.165, 1.54) is 48.3 Å². The summed E-state index contributed by atoms with van der Waals surface area (Å²) in [5.74, 6) is 0. The number of hydrogen-bond donors (Lipinski definition) is 1. The van der Waals surface area contributed by atoms with Crippen LogP contribution in [0.2, 0.25) is 0 Å². The Morgan fingerprint density at radius 1 is 1.19 bits per heavy atom. The van der Waals surface area contributed by atoms with Crippen LogP contribution in [0.1, 0.15) is 62.1 Å². The third kappa shape index (κ3) is 4.30. The van der Waals surface area contributed by atoms with E-state index in [9.17, 15) is 0 Å². The molecule has 1 aromatic heterocycles. The molecule has 0 radical (unpaired) electrons. The molecule has 2 nitrogen and oxygen atoms in total. The summed E-state index contributed by atoms with van der Waals surface area (Å²) >= 11 is 1.97. The molecule has 1 fully saturated rings. The molecule has 1 unspecified atom stereocenters. The Hall–Kier alpha value is -0.380. The molecule has 1 heterocycles. The molecule has 1 saturated carbocycles. The first-order chi connectivity index (χ1) is 10.2. The van der Waals surface area contributed by atoms with Crippen LogP contribution < -0.4 is 5.32 Å². The smallest absolute Gasteiger partial charge is 0.0834 e. The topological polar surface area (TPSA) is 21.3 Å². The lowest BCUT2D eigenvalue weighted by Crippen LogP contribution is -2.54. The standard InChI is InChI=1S/C18H31NOS/c1-4-13-19-17(14-16-10-9-15(5-2)21-16)18(20-3)11-7-6-8-12-18/h9-10,17,19H,4-8,11-14H2,1-3H3. The van der Waals surface area contributed by atoms with Gasteiger partial charge in [0, 0.05) is 22.9 Å². The number of thiophene rings is 1. The van der Waals surface area contributed by atoms with Crippen LogP contribution >= 0.6 is 11.3 Å². The Kier molecular flexibility index (Phi) is 6.72. The van der Waals surface area contributed by atoms with Crippen molar-refractivity contribution in [2.75, 3.05) is 13.7 Å². The molecule has 3 heteroatoms. The highest BCUT2D eigenvalue weighted by molar-refractivity contribution is 7.11. The van der Waals surface area contributed by atoms with Gasteiger partial charge in [-0.05, 0) is 50.8 Å². The first-order valence-electron chi connectivity index (χ1n) is 8.60. The number of ether oxygens (including phenoxy) is 1. The molecular formula is C18H31NOS. The van der Waals surface area contributed by atoms with Crippen molar-refractivity contribution in [1.29, 1.82) is 0 Å². The Morgan fingerprint density at radius 2 is 1.90 bits per heavy atom. The Balaban J connectivity index is 2.11. The van der Waals surface area contributed by atoms with Gasteiger partial charge in [-0.25, -0.2) is 0 Å². The van der Waals surface area contributed by atoms with Gasteiger partial charge >= 0.3 is 0 Å². The summed E-state index contributed by atoms with van der Waals surface area (Å²) in [6, 6.07) is 5.05. The fourth-order valence-electron chi connectivity index (χ4n) is 3.53. The van der Waals surface area contributed by atoms with Crippen molar-refractivity contribution in [3.05, 3.63) is 21.9 Å². The second-order valence-electron chi connectivity index (χ2n) is 6.26. The summed E-state index contributed by atoms with van der Waals surface area (Å²) in [6.45, 7) is 5.56. The second-order valence-corrected chi connectivity index (χ2v) is 7.51. The van der Waals surface area contributed by atoms with Gasteiger partial charge in [-0.3, -0.25) is 0 Å². The zero-order chi connectivity index (χ0) is 15.1. The monoisotopic (exact) mass is 309 g/mol. The number of aryl methyl sites for hydroxylation is 1. The molecule has 0 amide bonds. The Labute approximate surface area is 134 Å². The van der Waals surface area contributed by atoms with Gasteiger partial charge < -0.3 is 10.1 Å². The summed E-state index contributed by atoms with van der Waals surface area (Å²) in [4.78, 5) is 3.00. The van der Waals surface area contributed by atoms with E-state index >= 15 is 0 Å². The number of methoxy groups -OCH3 is 1. The van der Waals surface area contributed by atoms with Crippen LogP contribution in [0.3, 0.4) is 0 Å². The van der Waals surface area contributed by atoms with Gasteiger partial charge in [-0.2, -0.15) is 0 Å². The van der Waals surface area contributed by atoms with Crippen LogP contribution in [-0.2, 0) is 17.6 Å². The van der Waals surface area contributed by atoms with E-state index in [2.05, 4.69) is 31.3 Å². The van der Waals surface area contributed by atoms with Crippen molar-refractivity contribution < 1.29 is 4.74 Å². The van der Waals surface area contributed by atoms with Gasteiger partial charge in [0.15, 0.2) is 0 Å². The van der Waals surface area contributed by atoms with Crippen LogP contribution in [0.4, 0.5) is 0 Å². The van der Waals surface area contributed by atoms with E-state index in [1.807, 2.05) is 18.4 Å². The van der Waals surface area contributed by atoms with Crippen molar-refractivity contribution in [2.24, 2.45) is 0 Å². The SMILES string of the molecule is CCCNC(Cc1ccc(CC)s1)C1(OC)CCCCC1. The molecule has 0 saturated heterocycles. The highest BCUT2D eigenvalue weighted by atomic mass is 32.1. The van der Waals surface area contributed by atoms with Gasteiger partial charge in [-0.15, -0.1) is 11.3 Å². The molecule has 21 heavy (non-hydrogen) atoms. The minimum atomic E-state index is 0.0454. The molecule has 0 bridgehead atoms. The molecule has 1 atom stereocenters. The predicted octanol–water partition coefficient (Wildman–Crippen LogP) is 4.57. The molecule has 120 valence electrons. The minimum absolute atomic E-state index is 0.0454. The highest BCUT2D eigenvalue weighted by Gasteiger charge is 2.39. The molecule has 2 rings (SSSR count). The fourth-order valence-corrected chi connectivity index (χ4v) is 4.53. The number of nitrogens with one attached hydrogen (secondary N) is 1. The van der Waals surface area contributed by atoms with Crippen LogP contribution in [0.15, 0.2) is 12.1 Å². The van der Waals surface area contributed by atoms with Gasteiger partial charge in [0.1, 0.15) is 0 Å². The van der Waals surface area contributed by atoms with E-state index in [4.69, 9.17) is 4.74 Å². The van der Waals surface area contributed by atoms with Crippen molar-refractivity contribution in [2.45, 2.75) is 76.9 Å². The van der Waals surface area contributed by atoms with E-state index in [-0.39, 0.29) is 5.60 Å². The molecular weight excluding hydrogens is 278 g/mol. The third-order valence-corrected chi connectivity index (χ3v) is 6.11. The van der Waals surface area contributed by atoms with E-state index in [1.54, 1.807) is 0 Å². The Morgan fingerprint density at radius 3 is 2.48 bits per heavy atom. The maximum Gasteiger partial charge on any atom is 0.0834 e. The van der Waals surface area contributed by atoms with Crippen molar-refractivity contribution in [3.63, 3.8) is 0 Å². The minimum Gasteiger partial charge on any atom is -0.377 e. The quantitative estimate of drug-likeness (QED) is 0.759. The van der Waals surface area contributed by atoms with Gasteiger partial charge in [0.2, 0.25) is 0 Å². The van der Waals surface area contributed by atoms with Crippen molar-refractivity contribution in [3.8, 4) is 0 Å². The van der Waals surface area contributed by atoms with E-state index < -0.39 is 0 Å². The summed E-state index contributed by atoms with van der Waals surface area (Å²) in [5.41, 5.74) is 0.0454. The van der Waals surface area contributed by atoms with Crippen molar-refractivity contribution in [1.82, 2.24) is 5.32 Å². The Bertz CT molecular complexity index is 409. The van der Waals surface area contributed by atoms with Crippen LogP contribution in [0, 0.1) is 0 Å². The van der Waals surface area contributed by atoms with Crippen LogP contribution in [-0.4, -0.2) is 25.3 Å². The zero-order valence-corrected chi connectivity index (χ0v) is 14.7. The summed E-state index contributed by atoms with van der Waals surface area (Å²) < 4.78 is 6.09. The number of hydrogen-bond acceptors (Lipinski definition) is 3. The molecule has 1 N–H and O–H groups in total. The molecule has 0 aromatic carbocycles. The number of rotatable bonds is 8. The summed E-state index contributed by atoms with van der Waals surface area (Å²) in [7, 11) is 1.91. The van der Waals surface area contributed by atoms with E-state index in [0.717, 1.165) is 19.4 Å². The normalized spacial score (nSPS) is 19.6. The lowest BCUT2D eigenvalue weighted by atomic mass is 9.77. The van der Waals surface area contributed by atoms with Gasteiger partial charge in [-0.1, -0.05) is 33.1 Å².